The number of hydrogen-bond acceptors (Lipinski definition) is 5. The molecule has 1 aromatic carbocycles. The highest BCUT2D eigenvalue weighted by Crippen LogP contribution is 2.26. The van der Waals surface area contributed by atoms with Gasteiger partial charge in [-0.2, -0.15) is 0 Å². The molecule has 0 saturated carbocycles. The van der Waals surface area contributed by atoms with Crippen molar-refractivity contribution in [3.8, 4) is 10.6 Å². The number of carbonyl (C=O) groups is 1. The maximum Gasteiger partial charge on any atom is 0.239 e. The van der Waals surface area contributed by atoms with Gasteiger partial charge in [0.15, 0.2) is 0 Å². The highest BCUT2D eigenvalue weighted by atomic mass is 32.1. The van der Waals surface area contributed by atoms with E-state index in [1.54, 1.807) is 17.4 Å². The van der Waals surface area contributed by atoms with Crippen molar-refractivity contribution in [2.75, 3.05) is 18.9 Å². The number of amides is 1. The first-order chi connectivity index (χ1) is 13.4. The van der Waals surface area contributed by atoms with Gasteiger partial charge in [0.05, 0.1) is 12.2 Å². The van der Waals surface area contributed by atoms with Gasteiger partial charge in [0, 0.05) is 23.2 Å². The number of hydrogen-bond donors (Lipinski definition) is 1. The lowest BCUT2D eigenvalue weighted by atomic mass is 10.0. The van der Waals surface area contributed by atoms with E-state index in [4.69, 9.17) is 4.98 Å². The van der Waals surface area contributed by atoms with Gasteiger partial charge in [-0.15, -0.1) is 11.3 Å². The van der Waals surface area contributed by atoms with Gasteiger partial charge in [0.1, 0.15) is 10.8 Å². The monoisotopic (exact) mass is 394 g/mol. The Balaban J connectivity index is 1.56. The predicted molar refractivity (Wildman–Crippen MR) is 116 cm³/mol. The van der Waals surface area contributed by atoms with Crippen LogP contribution in [0.4, 0.5) is 5.82 Å². The first kappa shape index (κ1) is 20.2. The number of anilines is 1. The minimum Gasteiger partial charge on any atom is -0.310 e. The van der Waals surface area contributed by atoms with Gasteiger partial charge in [0.25, 0.3) is 0 Å². The van der Waals surface area contributed by atoms with Crippen molar-refractivity contribution in [3.63, 3.8) is 0 Å². The molecule has 0 unspecified atom stereocenters. The smallest absolute Gasteiger partial charge is 0.239 e. The third-order valence-electron chi connectivity index (χ3n) is 4.38. The second kappa shape index (κ2) is 9.08. The first-order valence-electron chi connectivity index (χ1n) is 9.37. The van der Waals surface area contributed by atoms with Crippen molar-refractivity contribution in [2.45, 2.75) is 33.2 Å². The van der Waals surface area contributed by atoms with Gasteiger partial charge in [-0.1, -0.05) is 44.2 Å². The molecule has 2 heterocycles. The maximum atomic E-state index is 12.2. The van der Waals surface area contributed by atoms with E-state index in [0.717, 1.165) is 22.0 Å². The number of pyridine rings is 1. The zero-order valence-electron chi connectivity index (χ0n) is 16.8. The molecule has 1 amide bonds. The summed E-state index contributed by atoms with van der Waals surface area (Å²) in [5.74, 6) is 1.02. The number of benzene rings is 1. The van der Waals surface area contributed by atoms with Crippen LogP contribution in [0.25, 0.3) is 10.6 Å². The zero-order chi connectivity index (χ0) is 20.1. The molecule has 0 saturated heterocycles. The van der Waals surface area contributed by atoms with E-state index >= 15 is 0 Å². The van der Waals surface area contributed by atoms with Crippen LogP contribution in [0, 0.1) is 6.92 Å². The molecule has 0 radical (unpaired) electrons. The summed E-state index contributed by atoms with van der Waals surface area (Å²) in [6, 6.07) is 14.2. The molecule has 3 rings (SSSR count). The Morgan fingerprint density at radius 1 is 1.14 bits per heavy atom. The average Bonchev–Trinajstić information content (AvgIpc) is 3.09. The fourth-order valence-electron chi connectivity index (χ4n) is 2.90. The quantitative estimate of drug-likeness (QED) is 0.631. The van der Waals surface area contributed by atoms with Crippen molar-refractivity contribution >= 4 is 23.1 Å². The van der Waals surface area contributed by atoms with E-state index in [0.29, 0.717) is 18.3 Å². The standard InChI is InChI=1S/C22H26N4OS/c1-15(2)17-8-10-18(11-9-17)22-24-19(14-28-22)12-26(4)13-21(27)25-20-7-5-6-16(3)23-20/h5-11,14-15H,12-13H2,1-4H3,(H,23,25,27). The molecule has 3 aromatic rings. The molecular weight excluding hydrogens is 368 g/mol. The Labute approximate surface area is 170 Å². The Bertz CT molecular complexity index is 934. The molecule has 0 aliphatic heterocycles. The van der Waals surface area contributed by atoms with E-state index in [2.05, 4.69) is 53.8 Å². The SMILES string of the molecule is Cc1cccc(NC(=O)CN(C)Cc2csc(-c3ccc(C(C)C)cc3)n2)n1. The molecule has 6 heteroatoms. The average molecular weight is 395 g/mol. The predicted octanol–water partition coefficient (Wildman–Crippen LogP) is 4.71. The topological polar surface area (TPSA) is 58.1 Å². The lowest BCUT2D eigenvalue weighted by Crippen LogP contribution is -2.30. The van der Waals surface area contributed by atoms with Crippen LogP contribution in [-0.4, -0.2) is 34.4 Å². The number of aryl methyl sites for hydroxylation is 1. The molecule has 5 nitrogen and oxygen atoms in total. The summed E-state index contributed by atoms with van der Waals surface area (Å²) in [4.78, 5) is 23.2. The highest BCUT2D eigenvalue weighted by molar-refractivity contribution is 7.13. The third-order valence-corrected chi connectivity index (χ3v) is 5.32. The van der Waals surface area contributed by atoms with Crippen molar-refractivity contribution < 1.29 is 4.79 Å². The summed E-state index contributed by atoms with van der Waals surface area (Å²) in [5, 5.41) is 5.90. The maximum absolute atomic E-state index is 12.2. The van der Waals surface area contributed by atoms with Gasteiger partial charge in [0.2, 0.25) is 5.91 Å². The lowest BCUT2D eigenvalue weighted by molar-refractivity contribution is -0.117. The number of nitrogens with one attached hydrogen (secondary N) is 1. The van der Waals surface area contributed by atoms with E-state index in [9.17, 15) is 4.79 Å². The minimum absolute atomic E-state index is 0.0830. The van der Waals surface area contributed by atoms with Crippen LogP contribution in [0.15, 0.2) is 47.8 Å². The van der Waals surface area contributed by atoms with E-state index in [1.807, 2.05) is 31.0 Å². The van der Waals surface area contributed by atoms with Crippen LogP contribution in [-0.2, 0) is 11.3 Å². The Hall–Kier alpha value is -2.57. The van der Waals surface area contributed by atoms with Crippen LogP contribution < -0.4 is 5.32 Å². The fourth-order valence-corrected chi connectivity index (χ4v) is 3.71. The van der Waals surface area contributed by atoms with Gasteiger partial charge in [-0.3, -0.25) is 9.69 Å². The minimum atomic E-state index is -0.0830. The normalized spacial score (nSPS) is 11.2. The summed E-state index contributed by atoms with van der Waals surface area (Å²) in [6.45, 7) is 7.19. The molecule has 146 valence electrons. The van der Waals surface area contributed by atoms with Crippen LogP contribution in [0.1, 0.15) is 36.7 Å². The van der Waals surface area contributed by atoms with Gasteiger partial charge >= 0.3 is 0 Å². The van der Waals surface area contributed by atoms with E-state index in [1.165, 1.54) is 5.56 Å². The molecule has 2 aromatic heterocycles. The van der Waals surface area contributed by atoms with Crippen LogP contribution in [0.2, 0.25) is 0 Å². The summed E-state index contributed by atoms with van der Waals surface area (Å²) in [7, 11) is 1.92. The zero-order valence-corrected chi connectivity index (χ0v) is 17.6. The molecule has 0 spiro atoms. The van der Waals surface area contributed by atoms with Gasteiger partial charge in [-0.05, 0) is 37.6 Å². The molecular formula is C22H26N4OS. The Kier molecular flexibility index (Phi) is 6.54. The number of likely N-dealkylation sites (N-methyl/N-ethyl adjacent to an activating group) is 1. The van der Waals surface area contributed by atoms with Crippen LogP contribution in [0.3, 0.4) is 0 Å². The number of aromatic nitrogens is 2. The summed E-state index contributed by atoms with van der Waals surface area (Å²) in [6.07, 6.45) is 0. The van der Waals surface area contributed by atoms with Crippen LogP contribution in [0.5, 0.6) is 0 Å². The van der Waals surface area contributed by atoms with Gasteiger partial charge < -0.3 is 5.32 Å². The molecule has 0 bridgehead atoms. The molecule has 0 aliphatic rings. The molecule has 0 atom stereocenters. The largest absolute Gasteiger partial charge is 0.310 e. The van der Waals surface area contributed by atoms with Crippen molar-refractivity contribution in [1.29, 1.82) is 0 Å². The summed E-state index contributed by atoms with van der Waals surface area (Å²) >= 11 is 1.63. The lowest BCUT2D eigenvalue weighted by Gasteiger charge is -2.14. The Morgan fingerprint density at radius 3 is 2.57 bits per heavy atom. The number of rotatable bonds is 7. The van der Waals surface area contributed by atoms with Crippen molar-refractivity contribution in [2.24, 2.45) is 0 Å². The van der Waals surface area contributed by atoms with E-state index < -0.39 is 0 Å². The number of nitrogens with zero attached hydrogens (tertiary/aromatic N) is 3. The second-order valence-corrected chi connectivity index (χ2v) is 8.16. The van der Waals surface area contributed by atoms with Crippen molar-refractivity contribution in [3.05, 3.63) is 64.8 Å². The van der Waals surface area contributed by atoms with E-state index in [-0.39, 0.29) is 12.5 Å². The van der Waals surface area contributed by atoms with Gasteiger partial charge in [-0.25, -0.2) is 9.97 Å². The Morgan fingerprint density at radius 2 is 1.89 bits per heavy atom. The molecule has 28 heavy (non-hydrogen) atoms. The highest BCUT2D eigenvalue weighted by Gasteiger charge is 2.11. The third kappa shape index (κ3) is 5.47. The first-order valence-corrected chi connectivity index (χ1v) is 10.3. The summed E-state index contributed by atoms with van der Waals surface area (Å²) in [5.41, 5.74) is 4.31. The number of thiazole rings is 1. The summed E-state index contributed by atoms with van der Waals surface area (Å²) < 4.78 is 0. The molecule has 1 N–H and O–H groups in total. The van der Waals surface area contributed by atoms with Crippen LogP contribution >= 0.6 is 11.3 Å². The second-order valence-electron chi connectivity index (χ2n) is 7.31. The molecule has 0 aliphatic carbocycles. The van der Waals surface area contributed by atoms with Crippen molar-refractivity contribution in [1.82, 2.24) is 14.9 Å². The fraction of sp³-hybridized carbons (Fsp3) is 0.318. The number of carbonyl (C=O) groups excluding carboxylic acids is 1. The molecule has 0 fully saturated rings.